The molecule has 0 saturated carbocycles. The van der Waals surface area contributed by atoms with Crippen molar-refractivity contribution in [1.82, 2.24) is 24.6 Å². The maximum absolute atomic E-state index is 13.4. The Morgan fingerprint density at radius 2 is 2.13 bits per heavy atom. The number of halogens is 1. The van der Waals surface area contributed by atoms with Gasteiger partial charge in [-0.3, -0.25) is 9.89 Å². The lowest BCUT2D eigenvalue weighted by Gasteiger charge is -2.21. The van der Waals surface area contributed by atoms with Crippen molar-refractivity contribution in [3.8, 4) is 11.1 Å². The molecule has 4 aromatic rings. The number of aromatic nitrogens is 4. The van der Waals surface area contributed by atoms with Gasteiger partial charge in [-0.1, -0.05) is 18.2 Å². The first kappa shape index (κ1) is 19.5. The average molecular weight is 417 g/mol. The number of hydrogen-bond acceptors (Lipinski definition) is 3. The van der Waals surface area contributed by atoms with E-state index in [-0.39, 0.29) is 24.2 Å². The first-order chi connectivity index (χ1) is 15.1. The average Bonchev–Trinajstić information content (AvgIpc) is 3.49. The molecule has 7 heteroatoms. The van der Waals surface area contributed by atoms with Crippen LogP contribution >= 0.6 is 0 Å². The Kier molecular flexibility index (Phi) is 5.02. The Morgan fingerprint density at radius 3 is 2.94 bits per heavy atom. The molecule has 1 aliphatic heterocycles. The number of amides is 1. The van der Waals surface area contributed by atoms with E-state index in [4.69, 9.17) is 0 Å². The van der Waals surface area contributed by atoms with E-state index < -0.39 is 0 Å². The van der Waals surface area contributed by atoms with Crippen LogP contribution in [-0.4, -0.2) is 43.1 Å². The fourth-order valence-corrected chi connectivity index (χ4v) is 4.62. The van der Waals surface area contributed by atoms with E-state index in [9.17, 15) is 9.18 Å². The maximum atomic E-state index is 13.4. The van der Waals surface area contributed by atoms with Gasteiger partial charge in [0.05, 0.1) is 30.0 Å². The monoisotopic (exact) mass is 417 g/mol. The zero-order valence-electron chi connectivity index (χ0n) is 17.3. The van der Waals surface area contributed by atoms with E-state index in [0.29, 0.717) is 12.5 Å². The highest BCUT2D eigenvalue weighted by atomic mass is 19.1. The van der Waals surface area contributed by atoms with Gasteiger partial charge in [0.15, 0.2) is 0 Å². The summed E-state index contributed by atoms with van der Waals surface area (Å²) in [6.45, 7) is 3.62. The molecule has 31 heavy (non-hydrogen) atoms. The predicted molar refractivity (Wildman–Crippen MR) is 117 cm³/mol. The van der Waals surface area contributed by atoms with Gasteiger partial charge in [-0.25, -0.2) is 9.37 Å². The highest BCUT2D eigenvalue weighted by molar-refractivity contribution is 5.82. The minimum atomic E-state index is -0.305. The summed E-state index contributed by atoms with van der Waals surface area (Å²) in [6, 6.07) is 12.7. The maximum Gasteiger partial charge on any atom is 0.227 e. The normalized spacial score (nSPS) is 18.7. The number of carbonyl (C=O) groups excluding carboxylic acids is 1. The number of aromatic amines is 1. The van der Waals surface area contributed by atoms with E-state index >= 15 is 0 Å². The summed E-state index contributed by atoms with van der Waals surface area (Å²) in [6.07, 6.45) is 6.73. The van der Waals surface area contributed by atoms with Crippen molar-refractivity contribution in [2.45, 2.75) is 32.4 Å². The number of rotatable bonds is 5. The molecule has 1 N–H and O–H groups in total. The van der Waals surface area contributed by atoms with Crippen LogP contribution in [0.25, 0.3) is 22.2 Å². The van der Waals surface area contributed by atoms with Gasteiger partial charge in [0.2, 0.25) is 5.91 Å². The zero-order valence-corrected chi connectivity index (χ0v) is 17.3. The number of nitrogens with zero attached hydrogens (tertiary/aromatic N) is 4. The molecule has 1 amide bonds. The molecule has 2 aromatic heterocycles. The summed E-state index contributed by atoms with van der Waals surface area (Å²) in [5.74, 6) is 0.110. The molecule has 158 valence electrons. The van der Waals surface area contributed by atoms with Crippen molar-refractivity contribution < 1.29 is 9.18 Å². The number of fused-ring (bicyclic) bond motifs is 1. The Labute approximate surface area is 179 Å². The molecule has 2 atom stereocenters. The van der Waals surface area contributed by atoms with Crippen LogP contribution in [0.1, 0.15) is 18.9 Å². The molecule has 1 unspecified atom stereocenters. The van der Waals surface area contributed by atoms with Crippen LogP contribution in [0, 0.1) is 11.7 Å². The van der Waals surface area contributed by atoms with Crippen LogP contribution in [0.5, 0.6) is 0 Å². The van der Waals surface area contributed by atoms with Gasteiger partial charge in [0.1, 0.15) is 5.82 Å². The summed E-state index contributed by atoms with van der Waals surface area (Å²) in [5.41, 5.74) is 4.87. The molecule has 0 bridgehead atoms. The lowest BCUT2D eigenvalue weighted by molar-refractivity contribution is -0.131. The van der Waals surface area contributed by atoms with Gasteiger partial charge >= 0.3 is 0 Å². The number of hydrogen-bond donors (Lipinski definition) is 1. The quantitative estimate of drug-likeness (QED) is 0.533. The summed E-state index contributed by atoms with van der Waals surface area (Å²) in [5, 5.41) is 6.85. The van der Waals surface area contributed by atoms with Crippen LogP contribution in [0.2, 0.25) is 0 Å². The number of benzene rings is 2. The van der Waals surface area contributed by atoms with Crippen LogP contribution in [0.3, 0.4) is 0 Å². The van der Waals surface area contributed by atoms with E-state index in [0.717, 1.165) is 40.7 Å². The lowest BCUT2D eigenvalue weighted by atomic mass is 10.1. The Morgan fingerprint density at radius 1 is 1.23 bits per heavy atom. The van der Waals surface area contributed by atoms with Crippen LogP contribution < -0.4 is 0 Å². The first-order valence-corrected chi connectivity index (χ1v) is 10.5. The standard InChI is InChI=1S/C24H24FN5O/c1-16-7-18(14-30(16)24(31)9-17-3-2-4-21(25)8-17)13-29-15-26-22-10-19(5-6-23(22)29)20-11-27-28-12-20/h2-6,8,10-12,15-16,18H,7,9,13-14H2,1H3,(H,27,28)/t16-,18?/m0/s1. The van der Waals surface area contributed by atoms with Gasteiger partial charge in [-0.2, -0.15) is 5.10 Å². The molecule has 5 rings (SSSR count). The van der Waals surface area contributed by atoms with Crippen molar-refractivity contribution in [3.63, 3.8) is 0 Å². The molecular weight excluding hydrogens is 393 g/mol. The third kappa shape index (κ3) is 3.95. The predicted octanol–water partition coefficient (Wildman–Crippen LogP) is 4.05. The SMILES string of the molecule is C[C@H]1CC(Cn2cnc3cc(-c4cn[nH]c4)ccc32)CN1C(=O)Cc1cccc(F)c1. The van der Waals surface area contributed by atoms with Crippen LogP contribution in [-0.2, 0) is 17.8 Å². The van der Waals surface area contributed by atoms with Crippen molar-refractivity contribution in [1.29, 1.82) is 0 Å². The molecule has 0 radical (unpaired) electrons. The van der Waals surface area contributed by atoms with Gasteiger partial charge in [0, 0.05) is 30.9 Å². The van der Waals surface area contributed by atoms with Gasteiger partial charge in [0.25, 0.3) is 0 Å². The Hall–Kier alpha value is -3.48. The van der Waals surface area contributed by atoms with Gasteiger partial charge in [-0.15, -0.1) is 0 Å². The lowest BCUT2D eigenvalue weighted by Crippen LogP contribution is -2.35. The van der Waals surface area contributed by atoms with Crippen molar-refractivity contribution in [3.05, 3.63) is 72.6 Å². The number of imidazole rings is 1. The molecule has 1 aliphatic rings. The van der Waals surface area contributed by atoms with Crippen molar-refractivity contribution >= 4 is 16.9 Å². The highest BCUT2D eigenvalue weighted by Gasteiger charge is 2.32. The largest absolute Gasteiger partial charge is 0.339 e. The molecule has 3 heterocycles. The molecule has 1 fully saturated rings. The topological polar surface area (TPSA) is 66.8 Å². The fourth-order valence-electron chi connectivity index (χ4n) is 4.62. The summed E-state index contributed by atoms with van der Waals surface area (Å²) >= 11 is 0. The van der Waals surface area contributed by atoms with Gasteiger partial charge in [-0.05, 0) is 54.7 Å². The van der Waals surface area contributed by atoms with Crippen LogP contribution in [0.4, 0.5) is 4.39 Å². The second-order valence-corrected chi connectivity index (χ2v) is 8.39. The number of carbonyl (C=O) groups is 1. The third-order valence-corrected chi connectivity index (χ3v) is 6.13. The smallest absolute Gasteiger partial charge is 0.227 e. The number of H-pyrrole nitrogens is 1. The van der Waals surface area contributed by atoms with E-state index in [1.165, 1.54) is 12.1 Å². The van der Waals surface area contributed by atoms with E-state index in [1.54, 1.807) is 18.3 Å². The zero-order chi connectivity index (χ0) is 21.4. The third-order valence-electron chi connectivity index (χ3n) is 6.13. The van der Waals surface area contributed by atoms with Crippen molar-refractivity contribution in [2.75, 3.05) is 6.54 Å². The summed E-state index contributed by atoms with van der Waals surface area (Å²) in [4.78, 5) is 19.3. The molecular formula is C24H24FN5O. The minimum absolute atomic E-state index is 0.0563. The van der Waals surface area contributed by atoms with E-state index in [1.807, 2.05) is 17.4 Å². The molecule has 0 spiro atoms. The number of nitrogens with one attached hydrogen (secondary N) is 1. The second kappa shape index (κ2) is 7.98. The summed E-state index contributed by atoms with van der Waals surface area (Å²) < 4.78 is 15.6. The van der Waals surface area contributed by atoms with Crippen molar-refractivity contribution in [2.24, 2.45) is 5.92 Å². The fraction of sp³-hybridized carbons (Fsp3) is 0.292. The second-order valence-electron chi connectivity index (χ2n) is 8.39. The molecule has 6 nitrogen and oxygen atoms in total. The Balaban J connectivity index is 1.27. The Bertz CT molecular complexity index is 1220. The molecule has 1 saturated heterocycles. The van der Waals surface area contributed by atoms with Crippen LogP contribution in [0.15, 0.2) is 61.2 Å². The summed E-state index contributed by atoms with van der Waals surface area (Å²) in [7, 11) is 0. The van der Waals surface area contributed by atoms with E-state index in [2.05, 4.69) is 44.9 Å². The first-order valence-electron chi connectivity index (χ1n) is 10.5. The minimum Gasteiger partial charge on any atom is -0.339 e. The molecule has 2 aromatic carbocycles. The number of likely N-dealkylation sites (tertiary alicyclic amines) is 1. The molecule has 0 aliphatic carbocycles. The van der Waals surface area contributed by atoms with Gasteiger partial charge < -0.3 is 9.47 Å². The highest BCUT2D eigenvalue weighted by Crippen LogP contribution is 2.28.